The molecule has 0 amide bonds. The van der Waals surface area contributed by atoms with E-state index >= 15 is 0 Å². The van der Waals surface area contributed by atoms with E-state index in [1.807, 2.05) is 0 Å². The molecule has 0 bridgehead atoms. The van der Waals surface area contributed by atoms with Crippen molar-refractivity contribution in [3.63, 3.8) is 0 Å². The summed E-state index contributed by atoms with van der Waals surface area (Å²) in [6, 6.07) is 9.64. The first kappa shape index (κ1) is 17.3. The number of hydrogen-bond donors (Lipinski definition) is 0. The van der Waals surface area contributed by atoms with Crippen LogP contribution in [0.5, 0.6) is 23.0 Å². The molecular weight excluding hydrogens is 382 g/mol. The van der Waals surface area contributed by atoms with Crippen LogP contribution in [0, 0.1) is 0 Å². The zero-order valence-corrected chi connectivity index (χ0v) is 15.4. The van der Waals surface area contributed by atoms with Crippen LogP contribution in [0.2, 0.25) is 5.02 Å². The first-order valence-corrected chi connectivity index (χ1v) is 9.69. The summed E-state index contributed by atoms with van der Waals surface area (Å²) < 4.78 is 48.3. The molecular formula is C17H16ClNO6S. The van der Waals surface area contributed by atoms with Crippen molar-refractivity contribution >= 4 is 21.6 Å². The number of nitrogens with zero attached hydrogens (tertiary/aromatic N) is 1. The van der Waals surface area contributed by atoms with Gasteiger partial charge in [0, 0.05) is 17.2 Å². The van der Waals surface area contributed by atoms with Crippen LogP contribution in [-0.2, 0) is 10.0 Å². The van der Waals surface area contributed by atoms with Crippen LogP contribution in [-0.4, -0.2) is 45.8 Å². The Morgan fingerprint density at radius 1 is 1.08 bits per heavy atom. The summed E-state index contributed by atoms with van der Waals surface area (Å²) in [7, 11) is -2.08. The van der Waals surface area contributed by atoms with Crippen LogP contribution in [0.3, 0.4) is 0 Å². The molecule has 7 nitrogen and oxygen atoms in total. The predicted octanol–water partition coefficient (Wildman–Crippen LogP) is 2.53. The zero-order chi connectivity index (χ0) is 18.3. The van der Waals surface area contributed by atoms with Crippen LogP contribution < -0.4 is 18.9 Å². The molecule has 2 aromatic rings. The van der Waals surface area contributed by atoms with Gasteiger partial charge < -0.3 is 18.9 Å². The highest BCUT2D eigenvalue weighted by atomic mass is 35.5. The molecule has 1 saturated heterocycles. The summed E-state index contributed by atoms with van der Waals surface area (Å²) in [5, 5.41) is 0.518. The first-order chi connectivity index (χ1) is 12.5. The van der Waals surface area contributed by atoms with Gasteiger partial charge in [-0.3, -0.25) is 0 Å². The van der Waals surface area contributed by atoms with Gasteiger partial charge in [0.1, 0.15) is 6.10 Å². The maximum absolute atomic E-state index is 12.7. The van der Waals surface area contributed by atoms with Crippen molar-refractivity contribution < 1.29 is 27.4 Å². The van der Waals surface area contributed by atoms with E-state index in [1.54, 1.807) is 24.3 Å². The van der Waals surface area contributed by atoms with E-state index < -0.39 is 10.0 Å². The van der Waals surface area contributed by atoms with Crippen molar-refractivity contribution in [1.82, 2.24) is 4.31 Å². The minimum atomic E-state index is -3.61. The molecule has 0 atom stereocenters. The van der Waals surface area contributed by atoms with Gasteiger partial charge in [0.2, 0.25) is 16.8 Å². The summed E-state index contributed by atoms with van der Waals surface area (Å²) >= 11 is 5.98. The minimum absolute atomic E-state index is 0.0972. The fraction of sp³-hybridized carbons (Fsp3) is 0.294. The second kappa shape index (κ2) is 6.53. The van der Waals surface area contributed by atoms with E-state index in [4.69, 9.17) is 30.5 Å². The molecule has 2 heterocycles. The largest absolute Gasteiger partial charge is 0.493 e. The number of rotatable bonds is 5. The van der Waals surface area contributed by atoms with Gasteiger partial charge in [-0.15, -0.1) is 0 Å². The van der Waals surface area contributed by atoms with Crippen LogP contribution in [0.25, 0.3) is 0 Å². The normalized spacial score (nSPS) is 17.0. The summed E-state index contributed by atoms with van der Waals surface area (Å²) in [6.07, 6.45) is -0.272. The van der Waals surface area contributed by atoms with Crippen molar-refractivity contribution in [3.05, 3.63) is 41.4 Å². The van der Waals surface area contributed by atoms with Crippen LogP contribution >= 0.6 is 11.6 Å². The molecule has 138 valence electrons. The molecule has 0 saturated carbocycles. The number of methoxy groups -OCH3 is 1. The summed E-state index contributed by atoms with van der Waals surface area (Å²) in [5.74, 6) is 2.02. The molecule has 0 unspecified atom stereocenters. The lowest BCUT2D eigenvalue weighted by atomic mass is 10.2. The highest BCUT2D eigenvalue weighted by molar-refractivity contribution is 7.89. The Morgan fingerprint density at radius 3 is 2.62 bits per heavy atom. The summed E-state index contributed by atoms with van der Waals surface area (Å²) in [5.41, 5.74) is 0. The molecule has 4 rings (SSSR count). The Labute approximate surface area is 156 Å². The average Bonchev–Trinajstić information content (AvgIpc) is 3.05. The fourth-order valence-electron chi connectivity index (χ4n) is 2.78. The molecule has 2 aromatic carbocycles. The molecule has 2 aliphatic heterocycles. The Hall–Kier alpha value is -2.16. The monoisotopic (exact) mass is 397 g/mol. The molecule has 9 heteroatoms. The molecule has 1 fully saturated rings. The second-order valence-corrected chi connectivity index (χ2v) is 8.25. The van der Waals surface area contributed by atoms with E-state index in [1.165, 1.54) is 23.5 Å². The quantitative estimate of drug-likeness (QED) is 0.771. The van der Waals surface area contributed by atoms with E-state index in [2.05, 4.69) is 0 Å². The fourth-order valence-corrected chi connectivity index (χ4v) is 4.46. The second-order valence-electron chi connectivity index (χ2n) is 5.87. The number of fused-ring (bicyclic) bond motifs is 1. The SMILES string of the molecule is COc1ccc(Cl)cc1OC1CN(S(=O)(=O)c2ccc3c(c2)OCO3)C1. The van der Waals surface area contributed by atoms with E-state index in [-0.39, 0.29) is 30.9 Å². The van der Waals surface area contributed by atoms with E-state index in [0.29, 0.717) is 28.0 Å². The van der Waals surface area contributed by atoms with Crippen molar-refractivity contribution in [2.24, 2.45) is 0 Å². The predicted molar refractivity (Wildman–Crippen MR) is 93.7 cm³/mol. The minimum Gasteiger partial charge on any atom is -0.493 e. The molecule has 2 aliphatic rings. The molecule has 0 spiro atoms. The Kier molecular flexibility index (Phi) is 4.34. The van der Waals surface area contributed by atoms with Crippen molar-refractivity contribution in [1.29, 1.82) is 0 Å². The van der Waals surface area contributed by atoms with Crippen LogP contribution in [0.4, 0.5) is 0 Å². The van der Waals surface area contributed by atoms with E-state index in [0.717, 1.165) is 0 Å². The maximum atomic E-state index is 12.7. The third-order valence-electron chi connectivity index (χ3n) is 4.22. The number of benzene rings is 2. The van der Waals surface area contributed by atoms with E-state index in [9.17, 15) is 8.42 Å². The standard InChI is InChI=1S/C17H16ClNO6S/c1-22-14-4-2-11(18)6-17(14)25-12-8-19(9-12)26(20,21)13-3-5-15-16(7-13)24-10-23-15/h2-7,12H,8-10H2,1H3. The number of sulfonamides is 1. The number of halogens is 1. The topological polar surface area (TPSA) is 74.3 Å². The number of ether oxygens (including phenoxy) is 4. The van der Waals surface area contributed by atoms with Gasteiger partial charge in [0.25, 0.3) is 0 Å². The van der Waals surface area contributed by atoms with Gasteiger partial charge in [-0.1, -0.05) is 11.6 Å². The highest BCUT2D eigenvalue weighted by Crippen LogP contribution is 2.36. The van der Waals surface area contributed by atoms with Crippen LogP contribution in [0.1, 0.15) is 0 Å². The van der Waals surface area contributed by atoms with Gasteiger partial charge in [0.05, 0.1) is 25.1 Å². The lowest BCUT2D eigenvalue weighted by Gasteiger charge is -2.38. The summed E-state index contributed by atoms with van der Waals surface area (Å²) in [4.78, 5) is 0.167. The highest BCUT2D eigenvalue weighted by Gasteiger charge is 2.39. The molecule has 0 radical (unpaired) electrons. The molecule has 0 aliphatic carbocycles. The third kappa shape index (κ3) is 3.04. The van der Waals surface area contributed by atoms with Gasteiger partial charge >= 0.3 is 0 Å². The third-order valence-corrected chi connectivity index (χ3v) is 6.28. The van der Waals surface area contributed by atoms with Gasteiger partial charge in [-0.25, -0.2) is 8.42 Å². The van der Waals surface area contributed by atoms with Crippen molar-refractivity contribution in [3.8, 4) is 23.0 Å². The van der Waals surface area contributed by atoms with Gasteiger partial charge in [0.15, 0.2) is 23.0 Å². The van der Waals surface area contributed by atoms with Gasteiger partial charge in [-0.05, 0) is 24.3 Å². The van der Waals surface area contributed by atoms with Crippen molar-refractivity contribution in [2.75, 3.05) is 27.0 Å². The van der Waals surface area contributed by atoms with Crippen LogP contribution in [0.15, 0.2) is 41.3 Å². The Morgan fingerprint density at radius 2 is 1.85 bits per heavy atom. The Bertz CT molecular complexity index is 942. The maximum Gasteiger partial charge on any atom is 0.243 e. The summed E-state index contributed by atoms with van der Waals surface area (Å²) in [6.45, 7) is 0.582. The molecule has 0 N–H and O–H groups in total. The lowest BCUT2D eigenvalue weighted by molar-refractivity contribution is 0.0736. The average molecular weight is 398 g/mol. The molecule has 26 heavy (non-hydrogen) atoms. The first-order valence-electron chi connectivity index (χ1n) is 7.87. The lowest BCUT2D eigenvalue weighted by Crippen LogP contribution is -2.55. The smallest absolute Gasteiger partial charge is 0.243 e. The molecule has 0 aromatic heterocycles. The van der Waals surface area contributed by atoms with Crippen molar-refractivity contribution in [2.45, 2.75) is 11.0 Å². The van der Waals surface area contributed by atoms with Gasteiger partial charge in [-0.2, -0.15) is 4.31 Å². The Balaban J connectivity index is 1.45. The zero-order valence-electron chi connectivity index (χ0n) is 13.8. The number of hydrogen-bond acceptors (Lipinski definition) is 6.